The first-order chi connectivity index (χ1) is 15.2. The molecule has 31 heavy (non-hydrogen) atoms. The average Bonchev–Trinajstić information content (AvgIpc) is 3.39. The zero-order valence-electron chi connectivity index (χ0n) is 17.7. The lowest BCUT2D eigenvalue weighted by atomic mass is 10.0. The van der Waals surface area contributed by atoms with Crippen molar-refractivity contribution in [2.45, 2.75) is 56.6 Å². The molecule has 0 spiro atoms. The van der Waals surface area contributed by atoms with Crippen LogP contribution < -0.4 is 0 Å². The van der Waals surface area contributed by atoms with Crippen molar-refractivity contribution in [2.24, 2.45) is 0 Å². The van der Waals surface area contributed by atoms with Crippen LogP contribution in [0.5, 0.6) is 0 Å². The van der Waals surface area contributed by atoms with Crippen LogP contribution in [0.1, 0.15) is 44.3 Å². The Bertz CT molecular complexity index is 1100. The lowest BCUT2D eigenvalue weighted by Crippen LogP contribution is -2.34. The van der Waals surface area contributed by atoms with E-state index in [4.69, 9.17) is 4.42 Å². The predicted octanol–water partition coefficient (Wildman–Crippen LogP) is 5.38. The van der Waals surface area contributed by atoms with E-state index < -0.39 is 0 Å². The normalized spacial score (nSPS) is 16.2. The Labute approximate surface area is 186 Å². The maximum atomic E-state index is 13.2. The molecular weight excluding hydrogens is 408 g/mol. The van der Waals surface area contributed by atoms with E-state index in [1.165, 1.54) is 30.3 Å². The minimum Gasteiger partial charge on any atom is -0.469 e. The van der Waals surface area contributed by atoms with Crippen molar-refractivity contribution in [1.29, 1.82) is 0 Å². The highest BCUT2D eigenvalue weighted by molar-refractivity contribution is 7.99. The number of allylic oxidation sites excluding steroid dienone is 2. The van der Waals surface area contributed by atoms with Gasteiger partial charge in [-0.15, -0.1) is 10.2 Å². The molecular formula is C24H26N4O2S. The van der Waals surface area contributed by atoms with Crippen LogP contribution in [-0.2, 0) is 4.79 Å². The van der Waals surface area contributed by atoms with Gasteiger partial charge in [-0.25, -0.2) is 0 Å². The largest absolute Gasteiger partial charge is 0.469 e. The van der Waals surface area contributed by atoms with Crippen molar-refractivity contribution >= 4 is 17.7 Å². The number of para-hydroxylation sites is 1. The summed E-state index contributed by atoms with van der Waals surface area (Å²) in [6.45, 7) is 1.92. The molecule has 3 aromatic rings. The van der Waals surface area contributed by atoms with Crippen molar-refractivity contribution in [3.63, 3.8) is 0 Å². The summed E-state index contributed by atoms with van der Waals surface area (Å²) in [5.41, 5.74) is 3.09. The molecule has 1 aromatic carbocycles. The van der Waals surface area contributed by atoms with Gasteiger partial charge in [-0.3, -0.25) is 9.36 Å². The van der Waals surface area contributed by atoms with Gasteiger partial charge < -0.3 is 9.32 Å². The molecule has 6 nitrogen and oxygen atoms in total. The fourth-order valence-corrected chi connectivity index (χ4v) is 4.94. The first-order valence-corrected chi connectivity index (χ1v) is 11.9. The summed E-state index contributed by atoms with van der Waals surface area (Å²) in [5, 5.41) is 9.61. The van der Waals surface area contributed by atoms with E-state index in [0.717, 1.165) is 48.5 Å². The van der Waals surface area contributed by atoms with E-state index in [9.17, 15) is 4.79 Å². The molecule has 0 atom stereocenters. The van der Waals surface area contributed by atoms with Gasteiger partial charge in [0.05, 0.1) is 17.6 Å². The van der Waals surface area contributed by atoms with Crippen molar-refractivity contribution in [3.8, 4) is 17.1 Å². The Morgan fingerprint density at radius 1 is 1.19 bits per heavy atom. The predicted molar refractivity (Wildman–Crippen MR) is 121 cm³/mol. The third-order valence-electron chi connectivity index (χ3n) is 5.83. The van der Waals surface area contributed by atoms with Crippen molar-refractivity contribution < 1.29 is 9.21 Å². The third-order valence-corrected chi connectivity index (χ3v) is 6.74. The maximum absolute atomic E-state index is 13.2. The van der Waals surface area contributed by atoms with Crippen LogP contribution in [0.4, 0.5) is 0 Å². The van der Waals surface area contributed by atoms with E-state index in [2.05, 4.69) is 21.2 Å². The summed E-state index contributed by atoms with van der Waals surface area (Å²) in [5.74, 6) is 2.04. The van der Waals surface area contributed by atoms with Gasteiger partial charge in [0, 0.05) is 17.4 Å². The second kappa shape index (κ2) is 8.75. The zero-order chi connectivity index (χ0) is 21.2. The van der Waals surface area contributed by atoms with Gasteiger partial charge in [-0.05, 0) is 63.6 Å². The molecule has 2 aliphatic rings. The standard InChI is InChI=1S/C24H26N4O2S/c1-17-21(14-15-30-17)23-25-26-24(28(23)19-10-6-3-7-11-19)31-16-22(29)27(20-12-13-20)18-8-4-2-5-9-18/h3,6-8,10-11,14-15,20H,2,4-5,9,12-13,16H2,1H3. The van der Waals surface area contributed by atoms with Gasteiger partial charge in [0.2, 0.25) is 5.91 Å². The Kier molecular flexibility index (Phi) is 5.68. The Morgan fingerprint density at radius 2 is 2.03 bits per heavy atom. The number of aromatic nitrogens is 3. The summed E-state index contributed by atoms with van der Waals surface area (Å²) in [6.07, 6.45) is 10.6. The minimum atomic E-state index is 0.171. The van der Waals surface area contributed by atoms with Gasteiger partial charge in [0.15, 0.2) is 11.0 Å². The number of thioether (sulfide) groups is 1. The van der Waals surface area contributed by atoms with Crippen LogP contribution in [0.25, 0.3) is 17.1 Å². The van der Waals surface area contributed by atoms with E-state index in [0.29, 0.717) is 17.0 Å². The minimum absolute atomic E-state index is 0.171. The van der Waals surface area contributed by atoms with Crippen LogP contribution in [0, 0.1) is 6.92 Å². The number of furan rings is 1. The number of amides is 1. The maximum Gasteiger partial charge on any atom is 0.237 e. The molecule has 0 aliphatic heterocycles. The van der Waals surface area contributed by atoms with E-state index in [1.54, 1.807) is 6.26 Å². The quantitative estimate of drug-likeness (QED) is 0.467. The molecule has 5 rings (SSSR count). The second-order valence-electron chi connectivity index (χ2n) is 8.09. The molecule has 0 radical (unpaired) electrons. The highest BCUT2D eigenvalue weighted by atomic mass is 32.2. The number of hydrogen-bond donors (Lipinski definition) is 0. The van der Waals surface area contributed by atoms with Gasteiger partial charge in [-0.2, -0.15) is 0 Å². The number of aryl methyl sites for hydroxylation is 1. The first kappa shape index (κ1) is 20.1. The smallest absolute Gasteiger partial charge is 0.237 e. The number of carbonyl (C=O) groups is 1. The fourth-order valence-electron chi connectivity index (χ4n) is 4.13. The van der Waals surface area contributed by atoms with Crippen molar-refractivity contribution in [2.75, 3.05) is 5.75 Å². The van der Waals surface area contributed by atoms with Crippen LogP contribution in [0.2, 0.25) is 0 Å². The molecule has 2 aromatic heterocycles. The molecule has 1 saturated carbocycles. The summed E-state index contributed by atoms with van der Waals surface area (Å²) >= 11 is 1.45. The second-order valence-corrected chi connectivity index (χ2v) is 9.03. The summed E-state index contributed by atoms with van der Waals surface area (Å²) in [6, 6.07) is 12.3. The molecule has 0 unspecified atom stereocenters. The molecule has 0 saturated heterocycles. The van der Waals surface area contributed by atoms with Crippen LogP contribution in [0.3, 0.4) is 0 Å². The van der Waals surface area contributed by atoms with Gasteiger partial charge in [0.25, 0.3) is 0 Å². The number of rotatable bonds is 7. The zero-order valence-corrected chi connectivity index (χ0v) is 18.5. The number of nitrogens with zero attached hydrogens (tertiary/aromatic N) is 4. The van der Waals surface area contributed by atoms with Crippen LogP contribution >= 0.6 is 11.8 Å². The lowest BCUT2D eigenvalue weighted by molar-refractivity contribution is -0.127. The number of hydrogen-bond acceptors (Lipinski definition) is 5. The highest BCUT2D eigenvalue weighted by Gasteiger charge is 2.35. The summed E-state index contributed by atoms with van der Waals surface area (Å²) in [7, 11) is 0. The summed E-state index contributed by atoms with van der Waals surface area (Å²) < 4.78 is 7.51. The van der Waals surface area contributed by atoms with Gasteiger partial charge in [-0.1, -0.05) is 36.0 Å². The topological polar surface area (TPSA) is 64.2 Å². The molecule has 1 amide bonds. The monoisotopic (exact) mass is 434 g/mol. The SMILES string of the molecule is Cc1occc1-c1nnc(SCC(=O)N(C2=CCCCC2)C2CC2)n1-c1ccccc1. The average molecular weight is 435 g/mol. The highest BCUT2D eigenvalue weighted by Crippen LogP contribution is 2.35. The summed E-state index contributed by atoms with van der Waals surface area (Å²) in [4.78, 5) is 15.3. The molecule has 0 N–H and O–H groups in total. The van der Waals surface area contributed by atoms with Crippen molar-refractivity contribution in [1.82, 2.24) is 19.7 Å². The van der Waals surface area contributed by atoms with E-state index in [-0.39, 0.29) is 5.91 Å². The van der Waals surface area contributed by atoms with E-state index >= 15 is 0 Å². The van der Waals surface area contributed by atoms with Gasteiger partial charge >= 0.3 is 0 Å². The molecule has 2 aliphatic carbocycles. The number of carbonyl (C=O) groups excluding carboxylic acids is 1. The fraction of sp³-hybridized carbons (Fsp3) is 0.375. The number of benzene rings is 1. The van der Waals surface area contributed by atoms with Gasteiger partial charge in [0.1, 0.15) is 5.76 Å². The molecule has 0 bridgehead atoms. The first-order valence-electron chi connectivity index (χ1n) is 10.9. The molecule has 160 valence electrons. The van der Waals surface area contributed by atoms with Crippen molar-refractivity contribution in [3.05, 3.63) is 60.2 Å². The molecule has 2 heterocycles. The Hall–Kier alpha value is -2.80. The molecule has 1 fully saturated rings. The Balaban J connectivity index is 1.41. The Morgan fingerprint density at radius 3 is 2.71 bits per heavy atom. The van der Waals surface area contributed by atoms with Crippen LogP contribution in [-0.4, -0.2) is 37.4 Å². The van der Waals surface area contributed by atoms with E-state index in [1.807, 2.05) is 47.9 Å². The molecule has 7 heteroatoms. The van der Waals surface area contributed by atoms with Crippen LogP contribution in [0.15, 0.2) is 64.0 Å². The third kappa shape index (κ3) is 4.19. The lowest BCUT2D eigenvalue weighted by Gasteiger charge is -2.27.